The molecule has 198 valence electrons. The fraction of sp³-hybridized carbons (Fsp3) is 0.143. The molecule has 0 saturated heterocycles. The van der Waals surface area contributed by atoms with Gasteiger partial charge in [-0.2, -0.15) is 9.78 Å². The third kappa shape index (κ3) is 5.59. The number of halogens is 2. The summed E-state index contributed by atoms with van der Waals surface area (Å²) in [5, 5.41) is 5.77. The van der Waals surface area contributed by atoms with Crippen molar-refractivity contribution in [2.45, 2.75) is 6.92 Å². The monoisotopic (exact) mass is 653 g/mol. The Morgan fingerprint density at radius 2 is 1.92 bits per heavy atom. The van der Waals surface area contributed by atoms with E-state index >= 15 is 0 Å². The highest BCUT2D eigenvalue weighted by molar-refractivity contribution is 9.10. The molecule has 0 spiro atoms. The molecule has 5 aromatic rings. The van der Waals surface area contributed by atoms with E-state index in [4.69, 9.17) is 23.6 Å². The Labute approximate surface area is 239 Å². The summed E-state index contributed by atoms with van der Waals surface area (Å²) in [6.07, 6.45) is 1.50. The van der Waals surface area contributed by atoms with Crippen molar-refractivity contribution in [1.29, 1.82) is 0 Å². The fourth-order valence-electron chi connectivity index (χ4n) is 3.90. The first-order valence-electron chi connectivity index (χ1n) is 11.8. The van der Waals surface area contributed by atoms with E-state index in [1.54, 1.807) is 37.3 Å². The number of carbonyl (C=O) groups excluding carboxylic acids is 1. The number of methoxy groups -OCH3 is 1. The van der Waals surface area contributed by atoms with E-state index in [0.29, 0.717) is 43.8 Å². The van der Waals surface area contributed by atoms with Crippen LogP contribution in [0.5, 0.6) is 11.5 Å². The van der Waals surface area contributed by atoms with Gasteiger partial charge in [0.25, 0.3) is 5.56 Å². The number of hydrogen-bond acceptors (Lipinski definition) is 8. The lowest BCUT2D eigenvalue weighted by molar-refractivity contribution is -0.145. The maximum atomic E-state index is 13.5. The first-order valence-corrected chi connectivity index (χ1v) is 13.4. The van der Waals surface area contributed by atoms with Gasteiger partial charge in [0.1, 0.15) is 5.58 Å². The minimum Gasteiger partial charge on any atom is -0.493 e. The number of benzene rings is 3. The van der Waals surface area contributed by atoms with Crippen LogP contribution in [0.4, 0.5) is 0 Å². The quantitative estimate of drug-likeness (QED) is 0.146. The maximum absolute atomic E-state index is 13.5. The van der Waals surface area contributed by atoms with Crippen LogP contribution in [-0.2, 0) is 9.53 Å². The van der Waals surface area contributed by atoms with Crippen molar-refractivity contribution in [3.8, 4) is 23.1 Å². The average molecular weight is 655 g/mol. The van der Waals surface area contributed by atoms with E-state index in [1.165, 1.54) is 18.0 Å². The SMILES string of the molecule is CCOC(=O)COc1cc(Br)c(C=Nn2c(-c3cc4cc(Br)ccc4o3)nc3ccccc3c2=O)cc1OC. The number of rotatable bonds is 8. The van der Waals surface area contributed by atoms with Gasteiger partial charge in [-0.05, 0) is 71.4 Å². The third-order valence-electron chi connectivity index (χ3n) is 5.70. The minimum atomic E-state index is -0.491. The molecule has 2 aromatic heterocycles. The van der Waals surface area contributed by atoms with Crippen LogP contribution >= 0.6 is 31.9 Å². The van der Waals surface area contributed by atoms with Crippen molar-refractivity contribution in [3.63, 3.8) is 0 Å². The lowest BCUT2D eigenvalue weighted by Crippen LogP contribution is -2.20. The molecule has 0 fully saturated rings. The molecule has 39 heavy (non-hydrogen) atoms. The molecule has 3 aromatic carbocycles. The average Bonchev–Trinajstić information content (AvgIpc) is 3.35. The van der Waals surface area contributed by atoms with Crippen molar-refractivity contribution in [2.75, 3.05) is 20.3 Å². The molecular formula is C28H21Br2N3O6. The van der Waals surface area contributed by atoms with E-state index in [9.17, 15) is 9.59 Å². The van der Waals surface area contributed by atoms with Crippen LogP contribution in [0.3, 0.4) is 0 Å². The van der Waals surface area contributed by atoms with Gasteiger partial charge < -0.3 is 18.6 Å². The molecule has 9 nitrogen and oxygen atoms in total. The lowest BCUT2D eigenvalue weighted by Gasteiger charge is -2.12. The second-order valence-electron chi connectivity index (χ2n) is 8.23. The molecule has 0 N–H and O–H groups in total. The van der Waals surface area contributed by atoms with Crippen LogP contribution in [0, 0.1) is 0 Å². The van der Waals surface area contributed by atoms with Crippen molar-refractivity contribution < 1.29 is 23.4 Å². The molecule has 0 aliphatic carbocycles. The predicted molar refractivity (Wildman–Crippen MR) is 155 cm³/mol. The molecule has 0 saturated carbocycles. The Morgan fingerprint density at radius 1 is 1.10 bits per heavy atom. The Hall–Kier alpha value is -3.96. The highest BCUT2D eigenvalue weighted by atomic mass is 79.9. The van der Waals surface area contributed by atoms with Gasteiger partial charge in [-0.3, -0.25) is 4.79 Å². The molecule has 0 aliphatic rings. The molecule has 0 atom stereocenters. The second-order valence-corrected chi connectivity index (χ2v) is 10.00. The lowest BCUT2D eigenvalue weighted by atomic mass is 10.2. The summed E-state index contributed by atoms with van der Waals surface area (Å²) in [6, 6.07) is 17.8. The summed E-state index contributed by atoms with van der Waals surface area (Å²) < 4.78 is 24.7. The predicted octanol–water partition coefficient (Wildman–Crippen LogP) is 6.17. The number of aromatic nitrogens is 2. The van der Waals surface area contributed by atoms with Gasteiger partial charge in [0.2, 0.25) is 5.82 Å². The Balaban J connectivity index is 1.58. The first kappa shape index (κ1) is 26.6. The highest BCUT2D eigenvalue weighted by Gasteiger charge is 2.17. The normalized spacial score (nSPS) is 11.4. The summed E-state index contributed by atoms with van der Waals surface area (Å²) >= 11 is 6.98. The Bertz CT molecular complexity index is 1790. The molecule has 5 rings (SSSR count). The molecule has 0 radical (unpaired) electrons. The van der Waals surface area contributed by atoms with E-state index in [-0.39, 0.29) is 24.6 Å². The van der Waals surface area contributed by atoms with Gasteiger partial charge in [-0.1, -0.05) is 28.1 Å². The molecule has 0 bridgehead atoms. The number of hydrogen-bond donors (Lipinski definition) is 0. The Kier molecular flexibility index (Phi) is 7.80. The van der Waals surface area contributed by atoms with Crippen LogP contribution in [0.15, 0.2) is 83.9 Å². The van der Waals surface area contributed by atoms with Gasteiger partial charge in [-0.15, -0.1) is 0 Å². The number of esters is 1. The number of furan rings is 1. The van der Waals surface area contributed by atoms with Crippen molar-refractivity contribution in [2.24, 2.45) is 5.10 Å². The van der Waals surface area contributed by atoms with E-state index in [2.05, 4.69) is 37.0 Å². The zero-order valence-corrected chi connectivity index (χ0v) is 24.0. The number of carbonyl (C=O) groups is 1. The van der Waals surface area contributed by atoms with Crippen molar-refractivity contribution >= 4 is 65.9 Å². The summed E-state index contributed by atoms with van der Waals surface area (Å²) in [5.41, 5.74) is 1.41. The van der Waals surface area contributed by atoms with E-state index in [1.807, 2.05) is 30.3 Å². The number of para-hydroxylation sites is 1. The number of fused-ring (bicyclic) bond motifs is 2. The molecule has 0 amide bonds. The number of ether oxygens (including phenoxy) is 3. The minimum absolute atomic E-state index is 0.250. The zero-order chi connectivity index (χ0) is 27.5. The van der Waals surface area contributed by atoms with E-state index in [0.717, 1.165) is 9.86 Å². The van der Waals surface area contributed by atoms with Crippen LogP contribution < -0.4 is 15.0 Å². The van der Waals surface area contributed by atoms with Crippen molar-refractivity contribution in [1.82, 2.24) is 9.66 Å². The van der Waals surface area contributed by atoms with Gasteiger partial charge in [0, 0.05) is 19.9 Å². The molecule has 0 aliphatic heterocycles. The highest BCUT2D eigenvalue weighted by Crippen LogP contribution is 2.33. The summed E-state index contributed by atoms with van der Waals surface area (Å²) in [6.45, 7) is 1.72. The van der Waals surface area contributed by atoms with E-state index < -0.39 is 5.97 Å². The maximum Gasteiger partial charge on any atom is 0.344 e. The topological polar surface area (TPSA) is 105 Å². The zero-order valence-electron chi connectivity index (χ0n) is 20.8. The summed E-state index contributed by atoms with van der Waals surface area (Å²) in [5.74, 6) is 0.862. The molecule has 0 unspecified atom stereocenters. The number of nitrogens with zero attached hydrogens (tertiary/aromatic N) is 3. The summed E-state index contributed by atoms with van der Waals surface area (Å²) in [7, 11) is 1.48. The van der Waals surface area contributed by atoms with Crippen LogP contribution in [-0.4, -0.2) is 42.2 Å². The first-order chi connectivity index (χ1) is 18.9. The fourth-order valence-corrected chi connectivity index (χ4v) is 4.70. The van der Waals surface area contributed by atoms with Gasteiger partial charge in [0.05, 0.1) is 30.8 Å². The van der Waals surface area contributed by atoms with Crippen molar-refractivity contribution in [3.05, 3.63) is 85.5 Å². The Morgan fingerprint density at radius 3 is 2.72 bits per heavy atom. The standard InChI is InChI=1S/C28H21Br2N3O6/c1-3-37-26(34)15-38-24-13-20(30)17(12-23(24)36-2)14-31-33-27(32-21-7-5-4-6-19(21)28(33)35)25-11-16-10-18(29)8-9-22(16)39-25/h4-14H,3,15H2,1-2H3. The molecule has 11 heteroatoms. The largest absolute Gasteiger partial charge is 0.493 e. The summed E-state index contributed by atoms with van der Waals surface area (Å²) in [4.78, 5) is 29.9. The van der Waals surface area contributed by atoms with Gasteiger partial charge in [0.15, 0.2) is 23.9 Å². The van der Waals surface area contributed by atoms with Crippen LogP contribution in [0.2, 0.25) is 0 Å². The van der Waals surface area contributed by atoms with Crippen LogP contribution in [0.25, 0.3) is 33.5 Å². The third-order valence-corrected chi connectivity index (χ3v) is 6.88. The molecule has 2 heterocycles. The van der Waals surface area contributed by atoms with Gasteiger partial charge >= 0.3 is 5.97 Å². The van der Waals surface area contributed by atoms with Crippen LogP contribution in [0.1, 0.15) is 12.5 Å². The second kappa shape index (κ2) is 11.4. The van der Waals surface area contributed by atoms with Gasteiger partial charge in [-0.25, -0.2) is 9.78 Å². The smallest absolute Gasteiger partial charge is 0.344 e. The molecular weight excluding hydrogens is 634 g/mol.